The molecule has 1 aromatic rings. The summed E-state index contributed by atoms with van der Waals surface area (Å²) < 4.78 is 50.1. The van der Waals surface area contributed by atoms with Gasteiger partial charge in [-0.25, -0.2) is 13.2 Å². The van der Waals surface area contributed by atoms with Gasteiger partial charge in [0.1, 0.15) is 0 Å². The van der Waals surface area contributed by atoms with Gasteiger partial charge in [-0.3, -0.25) is 0 Å². The van der Waals surface area contributed by atoms with Crippen molar-refractivity contribution in [2.75, 3.05) is 6.61 Å². The summed E-state index contributed by atoms with van der Waals surface area (Å²) in [5.41, 5.74) is 0.213. The van der Waals surface area contributed by atoms with Gasteiger partial charge in [0.05, 0.1) is 6.61 Å². The first-order chi connectivity index (χ1) is 10.2. The third-order valence-corrected chi connectivity index (χ3v) is 3.52. The molecular formula is C16H20F3O2. The van der Waals surface area contributed by atoms with E-state index in [9.17, 15) is 13.2 Å². The van der Waals surface area contributed by atoms with Crippen LogP contribution in [0.2, 0.25) is 0 Å². The molecule has 0 N–H and O–H groups in total. The average Bonchev–Trinajstić information content (AvgIpc) is 2.51. The van der Waals surface area contributed by atoms with Crippen LogP contribution in [0.25, 0.3) is 0 Å². The molecule has 1 aliphatic heterocycles. The molecule has 1 aromatic carbocycles. The minimum atomic E-state index is -1.39. The molecule has 1 heterocycles. The smallest absolute Gasteiger partial charge is 0.194 e. The highest BCUT2D eigenvalue weighted by Gasteiger charge is 2.14. The molecular weight excluding hydrogens is 281 g/mol. The largest absolute Gasteiger partial charge is 0.353 e. The predicted octanol–water partition coefficient (Wildman–Crippen LogP) is 4.52. The van der Waals surface area contributed by atoms with E-state index in [1.165, 1.54) is 6.07 Å². The Morgan fingerprint density at radius 2 is 2.00 bits per heavy atom. The number of hydrogen-bond acceptors (Lipinski definition) is 2. The first-order valence-electron chi connectivity index (χ1n) is 7.39. The fraction of sp³-hybridized carbons (Fsp3) is 0.562. The van der Waals surface area contributed by atoms with E-state index in [4.69, 9.17) is 9.47 Å². The third kappa shape index (κ3) is 5.00. The molecule has 5 heteroatoms. The van der Waals surface area contributed by atoms with Crippen LogP contribution in [0.3, 0.4) is 0 Å². The van der Waals surface area contributed by atoms with Crippen molar-refractivity contribution in [3.05, 3.63) is 41.8 Å². The zero-order valence-electron chi connectivity index (χ0n) is 11.9. The Morgan fingerprint density at radius 3 is 2.76 bits per heavy atom. The number of rotatable bonds is 7. The van der Waals surface area contributed by atoms with Gasteiger partial charge in [0, 0.05) is 6.61 Å². The third-order valence-electron chi connectivity index (χ3n) is 3.52. The van der Waals surface area contributed by atoms with Gasteiger partial charge < -0.3 is 9.47 Å². The minimum Gasteiger partial charge on any atom is -0.353 e. The second kappa shape index (κ2) is 8.39. The van der Waals surface area contributed by atoms with E-state index in [1.54, 1.807) is 6.61 Å². The highest BCUT2D eigenvalue weighted by molar-refractivity contribution is 5.20. The van der Waals surface area contributed by atoms with Crippen LogP contribution in [0.1, 0.15) is 44.1 Å². The number of ether oxygens (including phenoxy) is 2. The van der Waals surface area contributed by atoms with Crippen molar-refractivity contribution >= 4 is 0 Å². The monoisotopic (exact) mass is 301 g/mol. The summed E-state index contributed by atoms with van der Waals surface area (Å²) in [6.07, 6.45) is 5.58. The predicted molar refractivity (Wildman–Crippen MR) is 72.8 cm³/mol. The maximum absolute atomic E-state index is 13.4. The topological polar surface area (TPSA) is 18.5 Å². The van der Waals surface area contributed by atoms with Crippen molar-refractivity contribution in [2.45, 2.75) is 51.2 Å². The minimum absolute atomic E-state index is 0.137. The van der Waals surface area contributed by atoms with Crippen LogP contribution in [0.5, 0.6) is 0 Å². The first-order valence-corrected chi connectivity index (χ1v) is 7.39. The summed E-state index contributed by atoms with van der Waals surface area (Å²) in [4.78, 5) is 0. The lowest BCUT2D eigenvalue weighted by Crippen LogP contribution is -2.21. The van der Waals surface area contributed by atoms with Gasteiger partial charge in [0.25, 0.3) is 0 Å². The quantitative estimate of drug-likeness (QED) is 0.544. The second-order valence-electron chi connectivity index (χ2n) is 5.18. The molecule has 2 rings (SSSR count). The second-order valence-corrected chi connectivity index (χ2v) is 5.18. The van der Waals surface area contributed by atoms with Crippen LogP contribution in [-0.2, 0) is 15.9 Å². The van der Waals surface area contributed by atoms with Crippen LogP contribution < -0.4 is 0 Å². The van der Waals surface area contributed by atoms with Crippen LogP contribution in [0.4, 0.5) is 13.2 Å². The lowest BCUT2D eigenvalue weighted by atomic mass is 10.1. The Balaban J connectivity index is 1.60. The Labute approximate surface area is 123 Å². The van der Waals surface area contributed by atoms with Crippen molar-refractivity contribution in [1.82, 2.24) is 0 Å². The molecule has 2 nitrogen and oxygen atoms in total. The van der Waals surface area contributed by atoms with Crippen LogP contribution in [0, 0.1) is 24.1 Å². The fourth-order valence-corrected chi connectivity index (χ4v) is 2.30. The average molecular weight is 301 g/mol. The number of aryl methyl sites for hydroxylation is 1. The van der Waals surface area contributed by atoms with Crippen molar-refractivity contribution in [3.8, 4) is 0 Å². The van der Waals surface area contributed by atoms with E-state index in [1.807, 2.05) is 0 Å². The molecule has 21 heavy (non-hydrogen) atoms. The summed E-state index contributed by atoms with van der Waals surface area (Å²) in [5, 5.41) is 0. The summed E-state index contributed by atoms with van der Waals surface area (Å²) in [6, 6.07) is 2.26. The van der Waals surface area contributed by atoms with E-state index >= 15 is 0 Å². The molecule has 117 valence electrons. The van der Waals surface area contributed by atoms with E-state index in [0.717, 1.165) is 44.8 Å². The van der Waals surface area contributed by atoms with Crippen molar-refractivity contribution in [2.24, 2.45) is 0 Å². The number of halogens is 3. The molecule has 1 fully saturated rings. The summed E-state index contributed by atoms with van der Waals surface area (Å²) in [5.74, 6) is -3.62. The molecule has 0 bridgehead atoms. The zero-order valence-corrected chi connectivity index (χ0v) is 11.9. The SMILES string of the molecule is Fc1ccc(CCCC[CH]OC2CCCCO2)c(F)c1F. The van der Waals surface area contributed by atoms with Gasteiger partial charge in [-0.05, 0) is 50.2 Å². The fourth-order valence-electron chi connectivity index (χ4n) is 2.30. The normalized spacial score (nSPS) is 18.9. The lowest BCUT2D eigenvalue weighted by Gasteiger charge is -2.22. The summed E-state index contributed by atoms with van der Waals surface area (Å²) in [7, 11) is 0. The van der Waals surface area contributed by atoms with Gasteiger partial charge in [0.15, 0.2) is 23.7 Å². The van der Waals surface area contributed by atoms with Crippen LogP contribution in [-0.4, -0.2) is 12.9 Å². The Morgan fingerprint density at radius 1 is 1.14 bits per heavy atom. The van der Waals surface area contributed by atoms with Crippen molar-refractivity contribution in [1.29, 1.82) is 0 Å². The molecule has 1 aliphatic rings. The number of hydrogen-bond donors (Lipinski definition) is 0. The maximum atomic E-state index is 13.4. The molecule has 0 spiro atoms. The molecule has 1 radical (unpaired) electrons. The van der Waals surface area contributed by atoms with E-state index in [-0.39, 0.29) is 11.9 Å². The van der Waals surface area contributed by atoms with Crippen LogP contribution in [0.15, 0.2) is 12.1 Å². The van der Waals surface area contributed by atoms with E-state index in [2.05, 4.69) is 0 Å². The van der Waals surface area contributed by atoms with Gasteiger partial charge in [-0.15, -0.1) is 0 Å². The molecule has 1 atom stereocenters. The zero-order chi connectivity index (χ0) is 15.1. The van der Waals surface area contributed by atoms with Crippen molar-refractivity contribution < 1.29 is 22.6 Å². The van der Waals surface area contributed by atoms with Gasteiger partial charge in [0.2, 0.25) is 0 Å². The van der Waals surface area contributed by atoms with E-state index < -0.39 is 17.5 Å². The Hall–Kier alpha value is -1.07. The van der Waals surface area contributed by atoms with Crippen molar-refractivity contribution in [3.63, 3.8) is 0 Å². The van der Waals surface area contributed by atoms with Gasteiger partial charge in [-0.2, -0.15) is 0 Å². The number of benzene rings is 1. The molecule has 0 aliphatic carbocycles. The highest BCUT2D eigenvalue weighted by Crippen LogP contribution is 2.18. The Kier molecular flexibility index (Phi) is 6.51. The molecule has 0 saturated carbocycles. The van der Waals surface area contributed by atoms with Gasteiger partial charge in [-0.1, -0.05) is 12.5 Å². The van der Waals surface area contributed by atoms with Crippen LogP contribution >= 0.6 is 0 Å². The first kappa shape index (κ1) is 16.3. The molecule has 1 unspecified atom stereocenters. The highest BCUT2D eigenvalue weighted by atomic mass is 19.2. The molecule has 0 aromatic heterocycles. The Bertz CT molecular complexity index is 445. The van der Waals surface area contributed by atoms with E-state index in [0.29, 0.717) is 12.8 Å². The van der Waals surface area contributed by atoms with Gasteiger partial charge >= 0.3 is 0 Å². The molecule has 0 amide bonds. The summed E-state index contributed by atoms with van der Waals surface area (Å²) in [6.45, 7) is 2.46. The number of unbranched alkanes of at least 4 members (excludes halogenated alkanes) is 2. The lowest BCUT2D eigenvalue weighted by molar-refractivity contribution is -0.144. The maximum Gasteiger partial charge on any atom is 0.194 e. The standard InChI is InChI=1S/C16H20F3O2/c17-13-9-8-12(15(18)16(13)19)6-2-1-4-10-20-14-7-3-5-11-21-14/h8-10,14H,1-7,11H2. The molecule has 1 saturated heterocycles. The summed E-state index contributed by atoms with van der Waals surface area (Å²) >= 11 is 0.